The molecule has 0 amide bonds. The van der Waals surface area contributed by atoms with E-state index in [9.17, 15) is 15.3 Å². The number of nitrogens with one attached hydrogen (secondary N) is 1. The Morgan fingerprint density at radius 2 is 1.36 bits per heavy atom. The molecular weight excluding hydrogens is 276 g/mol. The highest BCUT2D eigenvalue weighted by Crippen LogP contribution is 2.35. The first kappa shape index (κ1) is 16.1. The average molecular weight is 293 g/mol. The van der Waals surface area contributed by atoms with Crippen LogP contribution in [0.25, 0.3) is 0 Å². The van der Waals surface area contributed by atoms with Gasteiger partial charge in [-0.2, -0.15) is 0 Å². The lowest BCUT2D eigenvalue weighted by Crippen LogP contribution is -2.19. The van der Waals surface area contributed by atoms with Crippen molar-refractivity contribution in [3.63, 3.8) is 0 Å². The molecule has 0 atom stereocenters. The van der Waals surface area contributed by atoms with Crippen LogP contribution in [0.15, 0.2) is 24.3 Å². The van der Waals surface area contributed by atoms with Crippen LogP contribution in [0.3, 0.4) is 0 Å². The van der Waals surface area contributed by atoms with Crippen LogP contribution in [0, 0.1) is 0 Å². The minimum atomic E-state index is -0.611. The maximum atomic E-state index is 9.95. The van der Waals surface area contributed by atoms with Gasteiger partial charge in [-0.25, -0.2) is 0 Å². The molecule has 2 aromatic rings. The Hall–Kier alpha value is -2.23. The molecule has 0 bridgehead atoms. The van der Waals surface area contributed by atoms with E-state index in [2.05, 4.69) is 26.1 Å². The number of hydrogen-bond acceptors (Lipinski definition) is 4. The number of phenolic OH excluding ortho intramolecular Hbond substituents is 3. The molecule has 0 saturated carbocycles. The monoisotopic (exact) mass is 293 g/mol. The van der Waals surface area contributed by atoms with E-state index in [1.54, 1.807) is 0 Å². The van der Waals surface area contributed by atoms with Crippen molar-refractivity contribution in [2.75, 3.05) is 5.32 Å². The minimum absolute atomic E-state index is 0.00714. The van der Waals surface area contributed by atoms with Crippen LogP contribution in [-0.2, 0) is 5.41 Å². The molecular formula is C16H17B2NO3. The molecule has 4 N–H and O–H groups in total. The Balaban J connectivity index is 2.40. The fraction of sp³-hybridized carbons (Fsp3) is 0.250. The summed E-state index contributed by atoms with van der Waals surface area (Å²) in [4.78, 5) is 0. The topological polar surface area (TPSA) is 72.7 Å². The predicted molar refractivity (Wildman–Crippen MR) is 90.6 cm³/mol. The smallest absolute Gasteiger partial charge is 0.180 e. The van der Waals surface area contributed by atoms with Crippen LogP contribution in [0.2, 0.25) is 0 Å². The second-order valence-electron chi connectivity index (χ2n) is 6.20. The normalized spacial score (nSPS) is 11.4. The highest BCUT2D eigenvalue weighted by molar-refractivity contribution is 6.45. The number of anilines is 2. The molecule has 0 aromatic heterocycles. The van der Waals surface area contributed by atoms with Gasteiger partial charge in [-0.15, -0.1) is 0 Å². The van der Waals surface area contributed by atoms with Crippen molar-refractivity contribution in [2.45, 2.75) is 26.2 Å². The number of rotatable bonds is 2. The van der Waals surface area contributed by atoms with Gasteiger partial charge in [0.2, 0.25) is 0 Å². The largest absolute Gasteiger partial charge is 0.509 e. The van der Waals surface area contributed by atoms with E-state index >= 15 is 0 Å². The van der Waals surface area contributed by atoms with E-state index < -0.39 is 17.2 Å². The van der Waals surface area contributed by atoms with Crippen molar-refractivity contribution in [3.8, 4) is 17.2 Å². The first-order chi connectivity index (χ1) is 10.1. The molecule has 0 unspecified atom stereocenters. The fourth-order valence-corrected chi connectivity index (χ4v) is 2.07. The van der Waals surface area contributed by atoms with Crippen LogP contribution in [-0.4, -0.2) is 31.0 Å². The molecule has 0 spiro atoms. The molecule has 0 heterocycles. The number of aromatic hydroxyl groups is 3. The van der Waals surface area contributed by atoms with Gasteiger partial charge in [0.15, 0.2) is 11.5 Å². The lowest BCUT2D eigenvalue weighted by Gasteiger charge is -2.20. The minimum Gasteiger partial charge on any atom is -0.509 e. The molecule has 2 aromatic carbocycles. The van der Waals surface area contributed by atoms with Crippen LogP contribution in [0.1, 0.15) is 26.3 Å². The highest BCUT2D eigenvalue weighted by atomic mass is 16.3. The van der Waals surface area contributed by atoms with E-state index in [4.69, 9.17) is 15.7 Å². The zero-order valence-electron chi connectivity index (χ0n) is 12.8. The Kier molecular flexibility index (Phi) is 4.05. The standard InChI is InChI=1S/C16H17B2NO3/c1-16(2,3)8-4-6-9(7-5-8)19-12-10(17)13(20)11(18)14(21)15(12)22/h4-7,19-22H,1-3H3. The summed E-state index contributed by atoms with van der Waals surface area (Å²) in [6.07, 6.45) is 0. The Morgan fingerprint density at radius 3 is 1.86 bits per heavy atom. The quantitative estimate of drug-likeness (QED) is 0.384. The van der Waals surface area contributed by atoms with Crippen LogP contribution >= 0.6 is 0 Å². The van der Waals surface area contributed by atoms with Gasteiger partial charge < -0.3 is 20.6 Å². The molecule has 22 heavy (non-hydrogen) atoms. The summed E-state index contributed by atoms with van der Waals surface area (Å²) in [6.45, 7) is 6.32. The second-order valence-corrected chi connectivity index (χ2v) is 6.20. The Morgan fingerprint density at radius 1 is 0.818 bits per heavy atom. The maximum Gasteiger partial charge on any atom is 0.180 e. The van der Waals surface area contributed by atoms with E-state index in [-0.39, 0.29) is 22.0 Å². The fourth-order valence-electron chi connectivity index (χ4n) is 2.07. The van der Waals surface area contributed by atoms with Gasteiger partial charge in [0.25, 0.3) is 0 Å². The lowest BCUT2D eigenvalue weighted by atomic mass is 9.83. The zero-order valence-corrected chi connectivity index (χ0v) is 12.8. The van der Waals surface area contributed by atoms with Crippen molar-refractivity contribution >= 4 is 38.0 Å². The number of phenols is 3. The van der Waals surface area contributed by atoms with Crippen LogP contribution in [0.4, 0.5) is 11.4 Å². The van der Waals surface area contributed by atoms with Crippen molar-refractivity contribution in [1.29, 1.82) is 0 Å². The van der Waals surface area contributed by atoms with Crippen molar-refractivity contribution in [3.05, 3.63) is 29.8 Å². The lowest BCUT2D eigenvalue weighted by molar-refractivity contribution is 0.404. The number of benzene rings is 2. The molecule has 0 fully saturated rings. The summed E-state index contributed by atoms with van der Waals surface area (Å²) in [5.74, 6) is -1.59. The van der Waals surface area contributed by atoms with Crippen LogP contribution < -0.4 is 16.2 Å². The van der Waals surface area contributed by atoms with Gasteiger partial charge in [0.05, 0.1) is 5.69 Å². The summed E-state index contributed by atoms with van der Waals surface area (Å²) in [7, 11) is 11.2. The predicted octanol–water partition coefficient (Wildman–Crippen LogP) is 1.43. The molecule has 0 aliphatic heterocycles. The molecule has 110 valence electrons. The Bertz CT molecular complexity index is 678. The Labute approximate surface area is 132 Å². The third-order valence-corrected chi connectivity index (χ3v) is 3.52. The van der Waals surface area contributed by atoms with Gasteiger partial charge in [0, 0.05) is 5.69 Å². The maximum absolute atomic E-state index is 9.95. The molecule has 0 saturated heterocycles. The second kappa shape index (κ2) is 5.52. The van der Waals surface area contributed by atoms with Gasteiger partial charge in [-0.3, -0.25) is 0 Å². The molecule has 6 heteroatoms. The molecule has 0 aliphatic carbocycles. The van der Waals surface area contributed by atoms with Gasteiger partial charge in [-0.05, 0) is 34.0 Å². The van der Waals surface area contributed by atoms with Crippen LogP contribution in [0.5, 0.6) is 17.2 Å². The van der Waals surface area contributed by atoms with E-state index in [0.29, 0.717) is 5.69 Å². The summed E-state index contributed by atoms with van der Waals surface area (Å²) >= 11 is 0. The molecule has 4 radical (unpaired) electrons. The summed E-state index contributed by atoms with van der Waals surface area (Å²) in [6, 6.07) is 7.55. The van der Waals surface area contributed by atoms with Crippen molar-refractivity contribution in [2.24, 2.45) is 0 Å². The van der Waals surface area contributed by atoms with E-state index in [0.717, 1.165) is 5.56 Å². The van der Waals surface area contributed by atoms with Crippen molar-refractivity contribution < 1.29 is 15.3 Å². The van der Waals surface area contributed by atoms with E-state index in [1.807, 2.05) is 24.3 Å². The van der Waals surface area contributed by atoms with Gasteiger partial charge >= 0.3 is 0 Å². The van der Waals surface area contributed by atoms with Gasteiger partial charge in [-0.1, -0.05) is 32.9 Å². The first-order valence-corrected chi connectivity index (χ1v) is 6.82. The third kappa shape index (κ3) is 2.86. The summed E-state index contributed by atoms with van der Waals surface area (Å²) in [5.41, 5.74) is 1.35. The molecule has 0 aliphatic rings. The van der Waals surface area contributed by atoms with Crippen molar-refractivity contribution in [1.82, 2.24) is 0 Å². The SMILES string of the molecule is [B]c1c(O)c([B])c(Nc2ccc(C(C)(C)C)cc2)c(O)c1O. The highest BCUT2D eigenvalue weighted by Gasteiger charge is 2.18. The zero-order chi connectivity index (χ0) is 16.7. The average Bonchev–Trinajstić information content (AvgIpc) is 2.47. The third-order valence-electron chi connectivity index (χ3n) is 3.52. The first-order valence-electron chi connectivity index (χ1n) is 6.82. The molecule has 2 rings (SSSR count). The summed E-state index contributed by atoms with van der Waals surface area (Å²) in [5, 5.41) is 32.3. The molecule has 4 nitrogen and oxygen atoms in total. The van der Waals surface area contributed by atoms with Gasteiger partial charge in [0.1, 0.15) is 21.4 Å². The summed E-state index contributed by atoms with van der Waals surface area (Å²) < 4.78 is 0. The number of hydrogen-bond donors (Lipinski definition) is 4. The van der Waals surface area contributed by atoms with E-state index in [1.165, 1.54) is 0 Å².